The normalized spacial score (nSPS) is 12.0. The summed E-state index contributed by atoms with van der Waals surface area (Å²) in [6.45, 7) is 0.589. The van der Waals surface area contributed by atoms with Gasteiger partial charge in [-0.15, -0.1) is 12.4 Å². The summed E-state index contributed by atoms with van der Waals surface area (Å²) in [5.41, 5.74) is 11.7. The zero-order valence-electron chi connectivity index (χ0n) is 8.25. The second kappa shape index (κ2) is 7.17. The number of nitrogens with two attached hydrogens (primary N) is 2. The van der Waals surface area contributed by atoms with Gasteiger partial charge in [-0.05, 0) is 31.5 Å². The zero-order chi connectivity index (χ0) is 10.6. The molecule has 5 heteroatoms. The first-order valence-corrected chi connectivity index (χ1v) is 5.35. The highest BCUT2D eigenvalue weighted by Gasteiger charge is 2.10. The highest BCUT2D eigenvalue weighted by molar-refractivity contribution is 9.10. The topological polar surface area (TPSA) is 52.0 Å². The molecule has 0 aliphatic rings. The van der Waals surface area contributed by atoms with Gasteiger partial charge in [0, 0.05) is 16.1 Å². The maximum atomic E-state index is 13.4. The molecule has 1 aromatic carbocycles. The lowest BCUT2D eigenvalue weighted by Crippen LogP contribution is -2.14. The van der Waals surface area contributed by atoms with E-state index in [1.165, 1.54) is 6.07 Å². The van der Waals surface area contributed by atoms with Crippen LogP contribution >= 0.6 is 28.3 Å². The second-order valence-electron chi connectivity index (χ2n) is 3.20. The van der Waals surface area contributed by atoms with Gasteiger partial charge in [-0.3, -0.25) is 0 Å². The third-order valence-electron chi connectivity index (χ3n) is 2.08. The Kier molecular flexibility index (Phi) is 7.09. The smallest absolute Gasteiger partial charge is 0.129 e. The molecule has 0 radical (unpaired) electrons. The third-order valence-corrected chi connectivity index (χ3v) is 2.57. The van der Waals surface area contributed by atoms with E-state index in [0.29, 0.717) is 12.1 Å². The van der Waals surface area contributed by atoms with Gasteiger partial charge in [0.25, 0.3) is 0 Å². The molecule has 86 valence electrons. The minimum atomic E-state index is -0.260. The first kappa shape index (κ1) is 14.8. The predicted octanol–water partition coefficient (Wildman–Crippen LogP) is 2.75. The molecule has 0 saturated heterocycles. The molecule has 0 amide bonds. The Hall–Kier alpha value is -0.160. The molecule has 0 saturated carbocycles. The van der Waals surface area contributed by atoms with Crippen LogP contribution in [0.5, 0.6) is 0 Å². The number of hydrogen-bond donors (Lipinski definition) is 2. The standard InChI is InChI=1S/C10H14BrFN2.ClH/c11-7-3-4-8(9(12)6-7)10(14)2-1-5-13;/h3-4,6,10H,1-2,5,13-14H2;1H/t10-;/m1./s1. The lowest BCUT2D eigenvalue weighted by Gasteiger charge is -2.12. The van der Waals surface area contributed by atoms with Crippen LogP contribution in [0.25, 0.3) is 0 Å². The van der Waals surface area contributed by atoms with Crippen LogP contribution in [0.15, 0.2) is 22.7 Å². The highest BCUT2D eigenvalue weighted by Crippen LogP contribution is 2.22. The summed E-state index contributed by atoms with van der Waals surface area (Å²) < 4.78 is 14.1. The molecule has 15 heavy (non-hydrogen) atoms. The molecule has 1 rings (SSSR count). The molecular weight excluding hydrogens is 282 g/mol. The Balaban J connectivity index is 0.00000196. The van der Waals surface area contributed by atoms with Gasteiger partial charge in [-0.25, -0.2) is 4.39 Å². The summed E-state index contributed by atoms with van der Waals surface area (Å²) >= 11 is 3.20. The van der Waals surface area contributed by atoms with E-state index in [2.05, 4.69) is 15.9 Å². The van der Waals surface area contributed by atoms with E-state index in [0.717, 1.165) is 17.3 Å². The largest absolute Gasteiger partial charge is 0.330 e. The molecule has 1 aromatic rings. The zero-order valence-corrected chi connectivity index (χ0v) is 10.7. The number of benzene rings is 1. The summed E-state index contributed by atoms with van der Waals surface area (Å²) in [7, 11) is 0. The van der Waals surface area contributed by atoms with Gasteiger partial charge in [0.1, 0.15) is 5.82 Å². The van der Waals surface area contributed by atoms with E-state index >= 15 is 0 Å². The Labute approximate surface area is 104 Å². The molecular formula is C10H15BrClFN2. The Morgan fingerprint density at radius 1 is 1.40 bits per heavy atom. The fourth-order valence-electron chi connectivity index (χ4n) is 1.30. The van der Waals surface area contributed by atoms with Gasteiger partial charge >= 0.3 is 0 Å². The summed E-state index contributed by atoms with van der Waals surface area (Å²) in [5.74, 6) is -0.260. The SMILES string of the molecule is Cl.NCCC[C@@H](N)c1ccc(Br)cc1F. The third kappa shape index (κ3) is 4.47. The molecule has 4 N–H and O–H groups in total. The van der Waals surface area contributed by atoms with Crippen molar-refractivity contribution in [2.24, 2.45) is 11.5 Å². The van der Waals surface area contributed by atoms with Crippen LogP contribution in [0.3, 0.4) is 0 Å². The molecule has 0 aromatic heterocycles. The summed E-state index contributed by atoms with van der Waals surface area (Å²) in [6, 6.07) is 4.67. The van der Waals surface area contributed by atoms with Gasteiger partial charge < -0.3 is 11.5 Å². The van der Waals surface area contributed by atoms with Crippen molar-refractivity contribution in [2.75, 3.05) is 6.54 Å². The lowest BCUT2D eigenvalue weighted by atomic mass is 10.0. The van der Waals surface area contributed by atoms with E-state index in [1.807, 2.05) is 0 Å². The number of rotatable bonds is 4. The summed E-state index contributed by atoms with van der Waals surface area (Å²) in [5, 5.41) is 0. The van der Waals surface area contributed by atoms with Crippen molar-refractivity contribution in [2.45, 2.75) is 18.9 Å². The molecule has 0 spiro atoms. The molecule has 0 heterocycles. The number of hydrogen-bond acceptors (Lipinski definition) is 2. The molecule has 2 nitrogen and oxygen atoms in total. The van der Waals surface area contributed by atoms with Gasteiger partial charge in [-0.2, -0.15) is 0 Å². The van der Waals surface area contributed by atoms with E-state index in [1.54, 1.807) is 12.1 Å². The first-order chi connectivity index (χ1) is 6.65. The van der Waals surface area contributed by atoms with E-state index in [4.69, 9.17) is 11.5 Å². The van der Waals surface area contributed by atoms with E-state index in [-0.39, 0.29) is 24.3 Å². The van der Waals surface area contributed by atoms with Crippen LogP contribution in [0.4, 0.5) is 4.39 Å². The molecule has 0 bridgehead atoms. The van der Waals surface area contributed by atoms with Crippen LogP contribution < -0.4 is 11.5 Å². The van der Waals surface area contributed by atoms with Crippen molar-refractivity contribution in [3.05, 3.63) is 34.1 Å². The van der Waals surface area contributed by atoms with Crippen molar-refractivity contribution in [3.63, 3.8) is 0 Å². The molecule has 0 aliphatic carbocycles. The maximum Gasteiger partial charge on any atom is 0.129 e. The molecule has 0 fully saturated rings. The Bertz CT molecular complexity index is 309. The average molecular weight is 298 g/mol. The van der Waals surface area contributed by atoms with Crippen LogP contribution in [0.1, 0.15) is 24.4 Å². The first-order valence-electron chi connectivity index (χ1n) is 4.55. The van der Waals surface area contributed by atoms with Crippen molar-refractivity contribution in [1.82, 2.24) is 0 Å². The maximum absolute atomic E-state index is 13.4. The quantitative estimate of drug-likeness (QED) is 0.898. The van der Waals surface area contributed by atoms with Crippen molar-refractivity contribution in [3.8, 4) is 0 Å². The van der Waals surface area contributed by atoms with Crippen molar-refractivity contribution >= 4 is 28.3 Å². The average Bonchev–Trinajstić information content (AvgIpc) is 2.14. The number of halogens is 3. The van der Waals surface area contributed by atoms with E-state index in [9.17, 15) is 4.39 Å². The summed E-state index contributed by atoms with van der Waals surface area (Å²) in [6.07, 6.45) is 1.53. The molecule has 0 aliphatic heterocycles. The lowest BCUT2D eigenvalue weighted by molar-refractivity contribution is 0.553. The Morgan fingerprint density at radius 2 is 2.07 bits per heavy atom. The highest BCUT2D eigenvalue weighted by atomic mass is 79.9. The second-order valence-corrected chi connectivity index (χ2v) is 4.12. The fourth-order valence-corrected chi connectivity index (χ4v) is 1.63. The summed E-state index contributed by atoms with van der Waals surface area (Å²) in [4.78, 5) is 0. The van der Waals surface area contributed by atoms with Gasteiger partial charge in [0.05, 0.1) is 0 Å². The fraction of sp³-hybridized carbons (Fsp3) is 0.400. The van der Waals surface area contributed by atoms with Gasteiger partial charge in [0.2, 0.25) is 0 Å². The van der Waals surface area contributed by atoms with Crippen molar-refractivity contribution < 1.29 is 4.39 Å². The minimum absolute atomic E-state index is 0. The van der Waals surface area contributed by atoms with Crippen LogP contribution in [0, 0.1) is 5.82 Å². The van der Waals surface area contributed by atoms with Crippen molar-refractivity contribution in [1.29, 1.82) is 0 Å². The van der Waals surface area contributed by atoms with E-state index < -0.39 is 0 Å². The minimum Gasteiger partial charge on any atom is -0.330 e. The predicted molar refractivity (Wildman–Crippen MR) is 66.6 cm³/mol. The van der Waals surface area contributed by atoms with Crippen LogP contribution in [-0.4, -0.2) is 6.54 Å². The van der Waals surface area contributed by atoms with Gasteiger partial charge in [0.15, 0.2) is 0 Å². The van der Waals surface area contributed by atoms with Crippen LogP contribution in [0.2, 0.25) is 0 Å². The molecule has 0 unspecified atom stereocenters. The Morgan fingerprint density at radius 3 is 2.60 bits per heavy atom. The van der Waals surface area contributed by atoms with Gasteiger partial charge in [-0.1, -0.05) is 22.0 Å². The monoisotopic (exact) mass is 296 g/mol. The molecule has 1 atom stereocenters. The van der Waals surface area contributed by atoms with Crippen LogP contribution in [-0.2, 0) is 0 Å².